The molecule has 0 unspecified atom stereocenters. The highest BCUT2D eigenvalue weighted by Gasteiger charge is 2.14. The summed E-state index contributed by atoms with van der Waals surface area (Å²) in [5.41, 5.74) is 7.32. The van der Waals surface area contributed by atoms with Crippen LogP contribution in [0, 0.1) is 5.82 Å². The Kier molecular flexibility index (Phi) is 12.8. The van der Waals surface area contributed by atoms with Crippen molar-refractivity contribution in [3.63, 3.8) is 0 Å². The van der Waals surface area contributed by atoms with Crippen LogP contribution in [0.2, 0.25) is 5.02 Å². The van der Waals surface area contributed by atoms with Crippen molar-refractivity contribution in [2.75, 3.05) is 26.9 Å². The summed E-state index contributed by atoms with van der Waals surface area (Å²) in [6.45, 7) is 0.248. The monoisotopic (exact) mass is 515 g/mol. The van der Waals surface area contributed by atoms with Crippen molar-refractivity contribution >= 4 is 23.3 Å². The summed E-state index contributed by atoms with van der Waals surface area (Å²) in [5, 5.41) is 5.99. The highest BCUT2D eigenvalue weighted by atomic mass is 35.5. The normalized spacial score (nSPS) is 13.0. The van der Waals surface area contributed by atoms with Crippen LogP contribution < -0.4 is 16.4 Å². The Morgan fingerprint density at radius 3 is 2.39 bits per heavy atom. The number of ether oxygens (including phenoxy) is 1. The van der Waals surface area contributed by atoms with E-state index >= 15 is 0 Å². The molecule has 0 aliphatic heterocycles. The average molecular weight is 516 g/mol. The maximum atomic E-state index is 14.3. The van der Waals surface area contributed by atoms with Crippen molar-refractivity contribution in [3.8, 4) is 11.3 Å². The first-order valence-electron chi connectivity index (χ1n) is 11.9. The molecule has 0 radical (unpaired) electrons. The van der Waals surface area contributed by atoms with E-state index in [9.17, 15) is 9.18 Å². The SMILES string of the molecule is CNC.COC1CCCCC1.Nc1nccnc1-c1ccc(C(=O)NCc2cccc(Cl)c2)c(F)c1. The van der Waals surface area contributed by atoms with E-state index < -0.39 is 11.7 Å². The third kappa shape index (κ3) is 9.53. The van der Waals surface area contributed by atoms with Gasteiger partial charge in [0, 0.05) is 36.6 Å². The molecule has 0 atom stereocenters. The lowest BCUT2D eigenvalue weighted by Crippen LogP contribution is -2.23. The van der Waals surface area contributed by atoms with E-state index in [4.69, 9.17) is 22.1 Å². The molecule has 1 saturated carbocycles. The van der Waals surface area contributed by atoms with Crippen molar-refractivity contribution in [1.82, 2.24) is 20.6 Å². The third-order valence-electron chi connectivity index (χ3n) is 5.44. The lowest BCUT2D eigenvalue weighted by Gasteiger charge is -2.19. The van der Waals surface area contributed by atoms with Gasteiger partial charge in [-0.15, -0.1) is 0 Å². The molecule has 3 aromatic rings. The maximum Gasteiger partial charge on any atom is 0.254 e. The van der Waals surface area contributed by atoms with E-state index in [1.54, 1.807) is 24.3 Å². The van der Waals surface area contributed by atoms with Crippen molar-refractivity contribution < 1.29 is 13.9 Å². The molecule has 4 N–H and O–H groups in total. The number of carbonyl (C=O) groups is 1. The smallest absolute Gasteiger partial charge is 0.254 e. The van der Waals surface area contributed by atoms with Gasteiger partial charge in [-0.3, -0.25) is 9.78 Å². The largest absolute Gasteiger partial charge is 0.382 e. The van der Waals surface area contributed by atoms with Crippen LogP contribution in [0.3, 0.4) is 0 Å². The van der Waals surface area contributed by atoms with Crippen LogP contribution >= 0.6 is 11.6 Å². The fourth-order valence-electron chi connectivity index (χ4n) is 3.64. The number of nitrogens with zero attached hydrogens (tertiary/aromatic N) is 2. The zero-order chi connectivity index (χ0) is 26.3. The number of amides is 1. The molecule has 1 aliphatic rings. The fourth-order valence-corrected chi connectivity index (χ4v) is 3.86. The first kappa shape index (κ1) is 29.2. The molecular formula is C27H35ClFN5O2. The standard InChI is InChI=1S/C18H14ClFN4O.C7H14O.C2H7N/c19-13-3-1-2-11(8-13)10-24-18(25)14-5-4-12(9-15(14)20)16-17(21)23-7-6-22-16;1-8-7-5-3-2-4-6-7;1-3-2/h1-9H,10H2,(H2,21,23)(H,24,25);7H,2-6H2,1H3;3H,1-2H3. The fraction of sp³-hybridized carbons (Fsp3) is 0.370. The van der Waals surface area contributed by atoms with E-state index in [-0.39, 0.29) is 17.9 Å². The van der Waals surface area contributed by atoms with Crippen LogP contribution in [0.15, 0.2) is 54.9 Å². The Morgan fingerprint density at radius 2 is 1.81 bits per heavy atom. The minimum absolute atomic E-state index is 0.0618. The molecule has 9 heteroatoms. The molecule has 0 bridgehead atoms. The third-order valence-corrected chi connectivity index (χ3v) is 5.68. The Bertz CT molecular complexity index is 1090. The molecule has 1 fully saturated rings. The highest BCUT2D eigenvalue weighted by molar-refractivity contribution is 6.30. The molecule has 1 heterocycles. The molecule has 1 aromatic heterocycles. The number of hydrogen-bond donors (Lipinski definition) is 3. The second-order valence-corrected chi connectivity index (χ2v) is 8.73. The Balaban J connectivity index is 0.000000345. The van der Waals surface area contributed by atoms with Gasteiger partial charge in [-0.1, -0.05) is 49.1 Å². The lowest BCUT2D eigenvalue weighted by molar-refractivity contribution is 0.0710. The van der Waals surface area contributed by atoms with Gasteiger partial charge in [-0.05, 0) is 56.8 Å². The summed E-state index contributed by atoms with van der Waals surface area (Å²) < 4.78 is 19.5. The first-order chi connectivity index (χ1) is 17.4. The molecule has 1 amide bonds. The molecule has 0 spiro atoms. The second kappa shape index (κ2) is 15.8. The van der Waals surface area contributed by atoms with Crippen LogP contribution in [0.5, 0.6) is 0 Å². The number of rotatable bonds is 5. The summed E-state index contributed by atoms with van der Waals surface area (Å²) in [6.07, 6.45) is 10.2. The van der Waals surface area contributed by atoms with Gasteiger partial charge >= 0.3 is 0 Å². The van der Waals surface area contributed by atoms with Gasteiger partial charge in [0.25, 0.3) is 5.91 Å². The summed E-state index contributed by atoms with van der Waals surface area (Å²) in [7, 11) is 5.57. The summed E-state index contributed by atoms with van der Waals surface area (Å²) in [6, 6.07) is 11.3. The van der Waals surface area contributed by atoms with Gasteiger partial charge in [0.05, 0.1) is 11.7 Å². The van der Waals surface area contributed by atoms with Crippen LogP contribution in [0.25, 0.3) is 11.3 Å². The minimum Gasteiger partial charge on any atom is -0.382 e. The van der Waals surface area contributed by atoms with E-state index in [1.165, 1.54) is 56.6 Å². The van der Waals surface area contributed by atoms with Gasteiger partial charge in [0.2, 0.25) is 0 Å². The first-order valence-corrected chi connectivity index (χ1v) is 12.3. The predicted octanol–water partition coefficient (Wildman–Crippen LogP) is 5.25. The summed E-state index contributed by atoms with van der Waals surface area (Å²) in [4.78, 5) is 20.2. The zero-order valence-corrected chi connectivity index (χ0v) is 21.8. The quantitative estimate of drug-likeness (QED) is 0.429. The van der Waals surface area contributed by atoms with Crippen molar-refractivity contribution in [2.24, 2.45) is 0 Å². The minimum atomic E-state index is -0.661. The van der Waals surface area contributed by atoms with Gasteiger partial charge in [0.15, 0.2) is 0 Å². The number of nitrogen functional groups attached to an aromatic ring is 1. The molecule has 0 saturated heterocycles. The number of anilines is 1. The van der Waals surface area contributed by atoms with Gasteiger partial charge < -0.3 is 21.1 Å². The highest BCUT2D eigenvalue weighted by Crippen LogP contribution is 2.23. The molecule has 194 valence electrons. The van der Waals surface area contributed by atoms with Crippen LogP contribution in [0.4, 0.5) is 10.2 Å². The van der Waals surface area contributed by atoms with Gasteiger partial charge in [-0.25, -0.2) is 9.37 Å². The number of methoxy groups -OCH3 is 1. The van der Waals surface area contributed by atoms with Crippen molar-refractivity contribution in [3.05, 3.63) is 76.8 Å². The molecule has 7 nitrogen and oxygen atoms in total. The molecular weight excluding hydrogens is 481 g/mol. The van der Waals surface area contributed by atoms with Crippen molar-refractivity contribution in [2.45, 2.75) is 44.8 Å². The van der Waals surface area contributed by atoms with Gasteiger partial charge in [-0.2, -0.15) is 0 Å². The Hall–Kier alpha value is -3.07. The summed E-state index contributed by atoms with van der Waals surface area (Å²) in [5.74, 6) is -0.984. The molecule has 2 aromatic carbocycles. The number of nitrogens with one attached hydrogen (secondary N) is 2. The number of hydrogen-bond acceptors (Lipinski definition) is 6. The van der Waals surface area contributed by atoms with E-state index in [1.807, 2.05) is 27.3 Å². The Labute approximate surface area is 217 Å². The topological polar surface area (TPSA) is 102 Å². The molecule has 1 aliphatic carbocycles. The van der Waals surface area contributed by atoms with Crippen LogP contribution in [-0.2, 0) is 11.3 Å². The van der Waals surface area contributed by atoms with Crippen molar-refractivity contribution in [1.29, 1.82) is 0 Å². The van der Waals surface area contributed by atoms with E-state index in [2.05, 4.69) is 20.6 Å². The zero-order valence-electron chi connectivity index (χ0n) is 21.1. The Morgan fingerprint density at radius 1 is 1.11 bits per heavy atom. The maximum absolute atomic E-state index is 14.3. The molecule has 36 heavy (non-hydrogen) atoms. The summed E-state index contributed by atoms with van der Waals surface area (Å²) >= 11 is 5.90. The lowest BCUT2D eigenvalue weighted by atomic mass is 9.98. The second-order valence-electron chi connectivity index (χ2n) is 8.29. The van der Waals surface area contributed by atoms with Gasteiger partial charge in [0.1, 0.15) is 17.3 Å². The number of aromatic nitrogens is 2. The predicted molar refractivity (Wildman–Crippen MR) is 143 cm³/mol. The average Bonchev–Trinajstić information content (AvgIpc) is 2.89. The van der Waals surface area contributed by atoms with Crippen LogP contribution in [-0.4, -0.2) is 43.2 Å². The number of nitrogens with two attached hydrogens (primary N) is 1. The van der Waals surface area contributed by atoms with E-state index in [0.717, 1.165) is 5.56 Å². The van der Waals surface area contributed by atoms with E-state index in [0.29, 0.717) is 22.4 Å². The number of carbonyl (C=O) groups excluding carboxylic acids is 1. The molecule has 4 rings (SSSR count). The number of halogens is 2. The number of benzene rings is 2. The van der Waals surface area contributed by atoms with Crippen LogP contribution in [0.1, 0.15) is 48.0 Å².